The first-order valence-corrected chi connectivity index (χ1v) is 9.46. The highest BCUT2D eigenvalue weighted by molar-refractivity contribution is 7.80. The summed E-state index contributed by atoms with van der Waals surface area (Å²) in [5, 5.41) is 16.1. The molecule has 5 atom stereocenters. The second-order valence-electron chi connectivity index (χ2n) is 5.97. The molecule has 0 spiro atoms. The van der Waals surface area contributed by atoms with E-state index in [9.17, 15) is 19.2 Å². The number of carbonyl (C=O) groups excluding carboxylic acids is 3. The third-order valence-corrected chi connectivity index (χ3v) is 4.65. The molecule has 0 fully saturated rings. The Morgan fingerprint density at radius 1 is 0.923 bits per heavy atom. The Morgan fingerprint density at radius 2 is 1.42 bits per heavy atom. The zero-order chi connectivity index (χ0) is 20.4. The Balaban J connectivity index is 4.76. The minimum Gasteiger partial charge on any atom is -0.480 e. The number of rotatable bonds is 11. The van der Waals surface area contributed by atoms with Gasteiger partial charge in [0.2, 0.25) is 17.7 Å². The quantitative estimate of drug-likeness (QED) is 0.213. The van der Waals surface area contributed by atoms with Crippen molar-refractivity contribution in [2.45, 2.75) is 51.4 Å². The van der Waals surface area contributed by atoms with Gasteiger partial charge in [0.1, 0.15) is 18.1 Å². The van der Waals surface area contributed by atoms with Crippen molar-refractivity contribution < 1.29 is 24.3 Å². The van der Waals surface area contributed by atoms with E-state index in [0.29, 0.717) is 6.42 Å². The maximum absolute atomic E-state index is 12.2. The molecule has 26 heavy (non-hydrogen) atoms. The molecule has 0 heterocycles. The summed E-state index contributed by atoms with van der Waals surface area (Å²) in [6.07, 6.45) is 0.708. The van der Waals surface area contributed by atoms with Gasteiger partial charge in [-0.25, -0.2) is 4.79 Å². The standard InChI is InChI=1S/C15H28N4O5S2/c1-4-7(2)11(16)14(22)18-9(5-25)13(21)17-8(3)12(20)19-10(6-26)15(23)24/h7-11,25-26H,4-6,16H2,1-3H3,(H,17,21)(H,18,22)(H,19,20)(H,23,24). The van der Waals surface area contributed by atoms with Crippen molar-refractivity contribution in [2.75, 3.05) is 11.5 Å². The van der Waals surface area contributed by atoms with Gasteiger partial charge in [0, 0.05) is 11.5 Å². The van der Waals surface area contributed by atoms with E-state index in [1.807, 2.05) is 13.8 Å². The summed E-state index contributed by atoms with van der Waals surface area (Å²) in [4.78, 5) is 47.2. The zero-order valence-electron chi connectivity index (χ0n) is 15.1. The largest absolute Gasteiger partial charge is 0.480 e. The number of carboxylic acids is 1. The molecule has 150 valence electrons. The van der Waals surface area contributed by atoms with E-state index in [-0.39, 0.29) is 17.4 Å². The Labute approximate surface area is 164 Å². The Kier molecular flexibility index (Phi) is 11.3. The number of aliphatic carboxylic acids is 1. The van der Waals surface area contributed by atoms with Crippen LogP contribution < -0.4 is 21.7 Å². The number of nitrogens with one attached hydrogen (secondary N) is 3. The number of nitrogens with two attached hydrogens (primary N) is 1. The molecule has 11 heteroatoms. The highest BCUT2D eigenvalue weighted by Crippen LogP contribution is 2.05. The van der Waals surface area contributed by atoms with Gasteiger partial charge in [0.05, 0.1) is 6.04 Å². The predicted molar refractivity (Wildman–Crippen MR) is 104 cm³/mol. The first-order valence-electron chi connectivity index (χ1n) is 8.20. The maximum atomic E-state index is 12.2. The summed E-state index contributed by atoms with van der Waals surface area (Å²) in [5.41, 5.74) is 5.83. The molecule has 0 aromatic rings. The second kappa shape index (κ2) is 12.0. The first-order chi connectivity index (χ1) is 12.1. The minimum atomic E-state index is -1.23. The van der Waals surface area contributed by atoms with Crippen LogP contribution in [0.2, 0.25) is 0 Å². The van der Waals surface area contributed by atoms with Gasteiger partial charge in [-0.3, -0.25) is 14.4 Å². The second-order valence-corrected chi connectivity index (χ2v) is 6.70. The first kappa shape index (κ1) is 24.5. The fourth-order valence-corrected chi connectivity index (χ4v) is 2.34. The van der Waals surface area contributed by atoms with Crippen LogP contribution in [0.4, 0.5) is 0 Å². The smallest absolute Gasteiger partial charge is 0.327 e. The van der Waals surface area contributed by atoms with E-state index < -0.39 is 47.9 Å². The summed E-state index contributed by atoms with van der Waals surface area (Å²) in [5.74, 6) is -3.15. The molecule has 0 aromatic heterocycles. The maximum Gasteiger partial charge on any atom is 0.327 e. The molecule has 9 nitrogen and oxygen atoms in total. The summed E-state index contributed by atoms with van der Waals surface area (Å²) in [7, 11) is 0. The van der Waals surface area contributed by atoms with Gasteiger partial charge in [-0.1, -0.05) is 20.3 Å². The summed E-state index contributed by atoms with van der Waals surface area (Å²) in [6, 6.07) is -3.91. The van der Waals surface area contributed by atoms with Gasteiger partial charge in [0.25, 0.3) is 0 Å². The molecular weight excluding hydrogens is 380 g/mol. The van der Waals surface area contributed by atoms with Crippen molar-refractivity contribution >= 4 is 48.9 Å². The molecule has 0 aromatic carbocycles. The average molecular weight is 409 g/mol. The van der Waals surface area contributed by atoms with Gasteiger partial charge in [0.15, 0.2) is 0 Å². The van der Waals surface area contributed by atoms with Gasteiger partial charge >= 0.3 is 5.97 Å². The number of thiol groups is 2. The minimum absolute atomic E-state index is 0.00747. The van der Waals surface area contributed by atoms with Crippen molar-refractivity contribution in [3.63, 3.8) is 0 Å². The van der Waals surface area contributed by atoms with Gasteiger partial charge < -0.3 is 26.8 Å². The van der Waals surface area contributed by atoms with Crippen molar-refractivity contribution in [3.05, 3.63) is 0 Å². The summed E-state index contributed by atoms with van der Waals surface area (Å²) < 4.78 is 0. The van der Waals surface area contributed by atoms with E-state index in [1.165, 1.54) is 6.92 Å². The van der Waals surface area contributed by atoms with E-state index >= 15 is 0 Å². The molecule has 0 aliphatic heterocycles. The SMILES string of the molecule is CCC(C)C(N)C(=O)NC(CS)C(=O)NC(C)C(=O)NC(CS)C(=O)O. The number of carbonyl (C=O) groups is 4. The lowest BCUT2D eigenvalue weighted by Crippen LogP contribution is -2.57. The fourth-order valence-electron chi connectivity index (χ4n) is 1.84. The molecule has 0 bridgehead atoms. The molecule has 0 saturated carbocycles. The topological polar surface area (TPSA) is 151 Å². The Bertz CT molecular complexity index is 520. The molecule has 6 N–H and O–H groups in total. The van der Waals surface area contributed by atoms with E-state index in [4.69, 9.17) is 10.8 Å². The van der Waals surface area contributed by atoms with Crippen LogP contribution in [0.5, 0.6) is 0 Å². The summed E-state index contributed by atoms with van der Waals surface area (Å²) >= 11 is 7.88. The highest BCUT2D eigenvalue weighted by atomic mass is 32.1. The lowest BCUT2D eigenvalue weighted by Gasteiger charge is -2.23. The van der Waals surface area contributed by atoms with Crippen molar-refractivity contribution in [1.82, 2.24) is 16.0 Å². The van der Waals surface area contributed by atoms with Crippen LogP contribution in [0.1, 0.15) is 27.2 Å². The molecule has 0 rings (SSSR count). The third-order valence-electron chi connectivity index (χ3n) is 3.92. The molecule has 5 unspecified atom stereocenters. The normalized spacial score (nSPS) is 16.5. The van der Waals surface area contributed by atoms with Crippen molar-refractivity contribution in [3.8, 4) is 0 Å². The Hall–Kier alpha value is -1.46. The molecule has 0 radical (unpaired) electrons. The number of hydrogen-bond donors (Lipinski definition) is 7. The number of amides is 3. The van der Waals surface area contributed by atoms with Crippen LogP contribution in [-0.4, -0.2) is 64.5 Å². The van der Waals surface area contributed by atoms with Gasteiger partial charge in [-0.15, -0.1) is 0 Å². The van der Waals surface area contributed by atoms with E-state index in [1.54, 1.807) is 0 Å². The van der Waals surface area contributed by atoms with Crippen LogP contribution in [-0.2, 0) is 19.2 Å². The molecule has 0 aliphatic rings. The van der Waals surface area contributed by atoms with Crippen LogP contribution in [0.15, 0.2) is 0 Å². The lowest BCUT2D eigenvalue weighted by atomic mass is 9.99. The van der Waals surface area contributed by atoms with Gasteiger partial charge in [-0.2, -0.15) is 25.3 Å². The molecule has 0 aliphatic carbocycles. The zero-order valence-corrected chi connectivity index (χ0v) is 16.8. The van der Waals surface area contributed by atoms with Crippen LogP contribution in [0, 0.1) is 5.92 Å². The molecular formula is C15H28N4O5S2. The molecule has 0 saturated heterocycles. The predicted octanol–water partition coefficient (Wildman–Crippen LogP) is -1.22. The van der Waals surface area contributed by atoms with E-state index in [2.05, 4.69) is 41.2 Å². The third kappa shape index (κ3) is 7.83. The fraction of sp³-hybridized carbons (Fsp3) is 0.733. The van der Waals surface area contributed by atoms with Crippen molar-refractivity contribution in [2.24, 2.45) is 11.7 Å². The summed E-state index contributed by atoms with van der Waals surface area (Å²) in [6.45, 7) is 5.12. The lowest BCUT2D eigenvalue weighted by molar-refractivity contribution is -0.141. The average Bonchev–Trinajstić information content (AvgIpc) is 2.61. The van der Waals surface area contributed by atoms with Crippen molar-refractivity contribution in [1.29, 1.82) is 0 Å². The number of hydrogen-bond acceptors (Lipinski definition) is 7. The monoisotopic (exact) mass is 408 g/mol. The number of carboxylic acid groups (broad SMARTS) is 1. The highest BCUT2D eigenvalue weighted by Gasteiger charge is 2.28. The van der Waals surface area contributed by atoms with Crippen LogP contribution in [0.3, 0.4) is 0 Å². The van der Waals surface area contributed by atoms with Crippen LogP contribution >= 0.6 is 25.3 Å². The Morgan fingerprint density at radius 3 is 1.85 bits per heavy atom. The van der Waals surface area contributed by atoms with Gasteiger partial charge in [-0.05, 0) is 12.8 Å². The van der Waals surface area contributed by atoms with Crippen LogP contribution in [0.25, 0.3) is 0 Å². The van der Waals surface area contributed by atoms with E-state index in [0.717, 1.165) is 0 Å². The molecule has 3 amide bonds.